The van der Waals surface area contributed by atoms with Gasteiger partial charge in [-0.2, -0.15) is 11.3 Å². The number of benzene rings is 1. The third kappa shape index (κ3) is 3.68. The molecule has 0 unspecified atom stereocenters. The molecule has 2 rings (SSSR count). The lowest BCUT2D eigenvalue weighted by atomic mass is 10.2. The lowest BCUT2D eigenvalue weighted by molar-refractivity contribution is -0.137. The Labute approximate surface area is 121 Å². The van der Waals surface area contributed by atoms with Gasteiger partial charge in [-0.25, -0.2) is 0 Å². The number of aliphatic carboxylic acids is 1. The molecular weight excluding hydrogens is 274 g/mol. The van der Waals surface area contributed by atoms with Crippen LogP contribution in [0.4, 0.5) is 5.69 Å². The Kier molecular flexibility index (Phi) is 4.90. The smallest absolute Gasteiger partial charge is 0.303 e. The van der Waals surface area contributed by atoms with E-state index in [0.29, 0.717) is 18.5 Å². The van der Waals surface area contributed by atoms with E-state index in [-0.39, 0.29) is 12.3 Å². The van der Waals surface area contributed by atoms with E-state index in [1.807, 2.05) is 35.7 Å². The molecule has 0 aliphatic rings. The Bertz CT molecular complexity index is 566. The van der Waals surface area contributed by atoms with Crippen molar-refractivity contribution in [1.29, 1.82) is 0 Å². The van der Waals surface area contributed by atoms with Crippen molar-refractivity contribution in [3.63, 3.8) is 0 Å². The predicted octanol–water partition coefficient (Wildman–Crippen LogP) is 3.26. The summed E-state index contributed by atoms with van der Waals surface area (Å²) >= 11 is 1.47. The van der Waals surface area contributed by atoms with Crippen LogP contribution in [0.5, 0.6) is 0 Å². The summed E-state index contributed by atoms with van der Waals surface area (Å²) in [5.74, 6) is -0.941. The maximum atomic E-state index is 12.5. The minimum Gasteiger partial charge on any atom is -0.481 e. The van der Waals surface area contributed by atoms with Crippen LogP contribution in [0.25, 0.3) is 0 Å². The summed E-state index contributed by atoms with van der Waals surface area (Å²) in [5.41, 5.74) is 1.42. The number of carboxylic acid groups (broad SMARTS) is 1. The van der Waals surface area contributed by atoms with E-state index in [4.69, 9.17) is 5.11 Å². The topological polar surface area (TPSA) is 57.6 Å². The first-order chi connectivity index (χ1) is 9.68. The molecule has 0 fully saturated rings. The second-order valence-electron chi connectivity index (χ2n) is 4.30. The highest BCUT2D eigenvalue weighted by Crippen LogP contribution is 2.19. The molecule has 0 spiro atoms. The summed E-state index contributed by atoms with van der Waals surface area (Å²) in [6.07, 6.45) is 0.486. The summed E-state index contributed by atoms with van der Waals surface area (Å²) in [6.45, 7) is 0.394. The first-order valence-corrected chi connectivity index (χ1v) is 7.23. The molecule has 1 aromatic heterocycles. The van der Waals surface area contributed by atoms with Crippen molar-refractivity contribution in [2.24, 2.45) is 0 Å². The summed E-state index contributed by atoms with van der Waals surface area (Å²) in [4.78, 5) is 24.7. The number of anilines is 1. The van der Waals surface area contributed by atoms with Crippen molar-refractivity contribution >= 4 is 28.9 Å². The number of hydrogen-bond donors (Lipinski definition) is 1. The van der Waals surface area contributed by atoms with Crippen LogP contribution in [0.2, 0.25) is 0 Å². The van der Waals surface area contributed by atoms with Crippen molar-refractivity contribution in [2.45, 2.75) is 12.8 Å². The van der Waals surface area contributed by atoms with Crippen LogP contribution in [0.3, 0.4) is 0 Å². The summed E-state index contributed by atoms with van der Waals surface area (Å²) in [6, 6.07) is 11.1. The molecule has 0 radical (unpaired) electrons. The summed E-state index contributed by atoms with van der Waals surface area (Å²) < 4.78 is 0. The van der Waals surface area contributed by atoms with Crippen LogP contribution in [0.15, 0.2) is 47.2 Å². The molecule has 0 aliphatic heterocycles. The molecule has 0 aliphatic carbocycles. The molecular formula is C15H15NO3S. The minimum atomic E-state index is -0.846. The van der Waals surface area contributed by atoms with Gasteiger partial charge in [0.15, 0.2) is 0 Å². The highest BCUT2D eigenvalue weighted by molar-refractivity contribution is 7.08. The van der Waals surface area contributed by atoms with Gasteiger partial charge in [0.25, 0.3) is 5.91 Å². The van der Waals surface area contributed by atoms with Crippen molar-refractivity contribution in [1.82, 2.24) is 0 Å². The SMILES string of the molecule is O=C(O)CCCN(C(=O)c1ccsc1)c1ccccc1. The second kappa shape index (κ2) is 6.86. The maximum absolute atomic E-state index is 12.5. The van der Waals surface area contributed by atoms with E-state index >= 15 is 0 Å². The molecule has 20 heavy (non-hydrogen) atoms. The van der Waals surface area contributed by atoms with Gasteiger partial charge in [-0.1, -0.05) is 18.2 Å². The van der Waals surface area contributed by atoms with Crippen LogP contribution in [-0.2, 0) is 4.79 Å². The first kappa shape index (κ1) is 14.3. The molecule has 1 aromatic carbocycles. The number of para-hydroxylation sites is 1. The number of carbonyl (C=O) groups excluding carboxylic acids is 1. The van der Waals surface area contributed by atoms with Crippen molar-refractivity contribution in [2.75, 3.05) is 11.4 Å². The molecule has 1 heterocycles. The van der Waals surface area contributed by atoms with E-state index in [0.717, 1.165) is 5.69 Å². The van der Waals surface area contributed by atoms with Crippen LogP contribution < -0.4 is 4.90 Å². The Morgan fingerprint density at radius 3 is 2.50 bits per heavy atom. The Balaban J connectivity index is 2.16. The standard InChI is InChI=1S/C15H15NO3S/c17-14(18)7-4-9-16(13-5-2-1-3-6-13)15(19)12-8-10-20-11-12/h1-3,5-6,8,10-11H,4,7,9H2,(H,17,18). The molecule has 0 saturated carbocycles. The number of thiophene rings is 1. The van der Waals surface area contributed by atoms with Crippen LogP contribution in [0, 0.1) is 0 Å². The Morgan fingerprint density at radius 2 is 1.90 bits per heavy atom. The molecule has 1 amide bonds. The van der Waals surface area contributed by atoms with Gasteiger partial charge in [-0.3, -0.25) is 9.59 Å². The summed E-state index contributed by atoms with van der Waals surface area (Å²) in [5, 5.41) is 12.4. The average molecular weight is 289 g/mol. The Morgan fingerprint density at radius 1 is 1.15 bits per heavy atom. The van der Waals surface area contributed by atoms with E-state index in [2.05, 4.69) is 0 Å². The summed E-state index contributed by atoms with van der Waals surface area (Å²) in [7, 11) is 0. The maximum Gasteiger partial charge on any atom is 0.303 e. The van der Waals surface area contributed by atoms with Gasteiger partial charge in [0.05, 0.1) is 5.56 Å². The normalized spacial score (nSPS) is 10.2. The van der Waals surface area contributed by atoms with Gasteiger partial charge in [-0.05, 0) is 30.0 Å². The zero-order valence-corrected chi connectivity index (χ0v) is 11.7. The number of hydrogen-bond acceptors (Lipinski definition) is 3. The molecule has 0 atom stereocenters. The average Bonchev–Trinajstić information content (AvgIpc) is 2.98. The molecule has 4 nitrogen and oxygen atoms in total. The highest BCUT2D eigenvalue weighted by atomic mass is 32.1. The highest BCUT2D eigenvalue weighted by Gasteiger charge is 2.17. The van der Waals surface area contributed by atoms with Crippen LogP contribution in [0.1, 0.15) is 23.2 Å². The molecule has 5 heteroatoms. The van der Waals surface area contributed by atoms with Gasteiger partial charge < -0.3 is 10.0 Å². The zero-order valence-electron chi connectivity index (χ0n) is 10.9. The fraction of sp³-hybridized carbons (Fsp3) is 0.200. The number of nitrogens with zero attached hydrogens (tertiary/aromatic N) is 1. The lowest BCUT2D eigenvalue weighted by Gasteiger charge is -2.22. The third-order valence-electron chi connectivity index (χ3n) is 2.85. The Hall–Kier alpha value is -2.14. The molecule has 0 saturated heterocycles. The van der Waals surface area contributed by atoms with E-state index < -0.39 is 5.97 Å². The van der Waals surface area contributed by atoms with Crippen molar-refractivity contribution < 1.29 is 14.7 Å². The molecule has 1 N–H and O–H groups in total. The van der Waals surface area contributed by atoms with Gasteiger partial charge in [-0.15, -0.1) is 0 Å². The van der Waals surface area contributed by atoms with Crippen molar-refractivity contribution in [3.8, 4) is 0 Å². The van der Waals surface area contributed by atoms with Gasteiger partial charge in [0.1, 0.15) is 0 Å². The van der Waals surface area contributed by atoms with E-state index in [1.165, 1.54) is 11.3 Å². The fourth-order valence-corrected chi connectivity index (χ4v) is 2.52. The van der Waals surface area contributed by atoms with Gasteiger partial charge in [0, 0.05) is 24.0 Å². The number of carboxylic acids is 1. The molecule has 104 valence electrons. The van der Waals surface area contributed by atoms with Crippen LogP contribution in [-0.4, -0.2) is 23.5 Å². The molecule has 2 aromatic rings. The largest absolute Gasteiger partial charge is 0.481 e. The fourth-order valence-electron chi connectivity index (χ4n) is 1.89. The third-order valence-corrected chi connectivity index (χ3v) is 3.54. The quantitative estimate of drug-likeness (QED) is 0.888. The zero-order chi connectivity index (χ0) is 14.4. The van der Waals surface area contributed by atoms with Gasteiger partial charge in [0.2, 0.25) is 0 Å². The molecule has 0 bridgehead atoms. The predicted molar refractivity (Wildman–Crippen MR) is 79.3 cm³/mol. The second-order valence-corrected chi connectivity index (χ2v) is 5.08. The van der Waals surface area contributed by atoms with E-state index in [9.17, 15) is 9.59 Å². The van der Waals surface area contributed by atoms with E-state index in [1.54, 1.807) is 16.3 Å². The van der Waals surface area contributed by atoms with Gasteiger partial charge >= 0.3 is 5.97 Å². The number of amides is 1. The van der Waals surface area contributed by atoms with Crippen LogP contribution >= 0.6 is 11.3 Å². The lowest BCUT2D eigenvalue weighted by Crippen LogP contribution is -2.31. The monoisotopic (exact) mass is 289 g/mol. The first-order valence-electron chi connectivity index (χ1n) is 6.29. The number of carbonyl (C=O) groups is 2. The minimum absolute atomic E-state index is 0.0558. The number of rotatable bonds is 6. The van der Waals surface area contributed by atoms with Crippen molar-refractivity contribution in [3.05, 3.63) is 52.7 Å².